The Morgan fingerprint density at radius 3 is 2.52 bits per heavy atom. The lowest BCUT2D eigenvalue weighted by atomic mass is 10.2. The normalized spacial score (nSPS) is 16.6. The Morgan fingerprint density at radius 2 is 1.97 bits per heavy atom. The quantitative estimate of drug-likeness (QED) is 0.230. The third-order valence-electron chi connectivity index (χ3n) is 4.22. The predicted molar refractivity (Wildman–Crippen MR) is 114 cm³/mol. The van der Waals surface area contributed by atoms with Gasteiger partial charge in [0, 0.05) is 51.8 Å². The molecule has 1 aromatic heterocycles. The zero-order chi connectivity index (χ0) is 20.6. The van der Waals surface area contributed by atoms with Gasteiger partial charge in [0.15, 0.2) is 5.96 Å². The van der Waals surface area contributed by atoms with Crippen LogP contribution < -0.4 is 5.32 Å². The summed E-state index contributed by atoms with van der Waals surface area (Å²) in [4.78, 5) is 6.30. The number of hydrogen-bond donors (Lipinski definition) is 1. The van der Waals surface area contributed by atoms with Crippen molar-refractivity contribution in [1.29, 1.82) is 0 Å². The van der Waals surface area contributed by atoms with Crippen molar-refractivity contribution in [2.45, 2.75) is 38.1 Å². The number of alkyl halides is 3. The summed E-state index contributed by atoms with van der Waals surface area (Å²) in [5.74, 6) is 0.389. The van der Waals surface area contributed by atoms with Crippen LogP contribution in [0.3, 0.4) is 0 Å². The monoisotopic (exact) mass is 553 g/mol. The van der Waals surface area contributed by atoms with Crippen molar-refractivity contribution in [2.75, 3.05) is 39.3 Å². The van der Waals surface area contributed by atoms with Crippen LogP contribution in [0, 0.1) is 0 Å². The molecule has 0 aromatic carbocycles. The van der Waals surface area contributed by atoms with Gasteiger partial charge in [-0.3, -0.25) is 4.99 Å². The molecule has 13 heteroatoms. The molecule has 0 aliphatic carbocycles. The first-order chi connectivity index (χ1) is 13.2. The van der Waals surface area contributed by atoms with Crippen LogP contribution in [0.4, 0.5) is 13.2 Å². The molecule has 1 aliphatic rings. The first-order valence-electron chi connectivity index (χ1n) is 9.18. The summed E-state index contributed by atoms with van der Waals surface area (Å²) in [6.45, 7) is 4.32. The van der Waals surface area contributed by atoms with Crippen molar-refractivity contribution >= 4 is 40.0 Å². The number of hydrogen-bond acceptors (Lipinski definition) is 5. The van der Waals surface area contributed by atoms with Gasteiger partial charge in [0.05, 0.1) is 5.69 Å². The molecule has 0 atom stereocenters. The van der Waals surface area contributed by atoms with E-state index in [1.807, 2.05) is 11.8 Å². The van der Waals surface area contributed by atoms with E-state index < -0.39 is 22.6 Å². The highest BCUT2D eigenvalue weighted by Gasteiger charge is 2.29. The van der Waals surface area contributed by atoms with Crippen molar-refractivity contribution in [3.8, 4) is 0 Å². The minimum Gasteiger partial charge on any atom is -0.364 e. The van der Waals surface area contributed by atoms with E-state index in [9.17, 15) is 21.6 Å². The second-order valence-corrected chi connectivity index (χ2v) is 8.41. The molecule has 2 heterocycles. The lowest BCUT2D eigenvalue weighted by Crippen LogP contribution is -2.53. The van der Waals surface area contributed by atoms with E-state index >= 15 is 0 Å². The maximum absolute atomic E-state index is 12.5. The fourth-order valence-corrected chi connectivity index (χ4v) is 4.24. The average Bonchev–Trinajstić information content (AvgIpc) is 3.12. The molecule has 0 spiro atoms. The molecule has 0 saturated carbocycles. The molecule has 1 saturated heterocycles. The largest absolute Gasteiger partial charge is 0.389 e. The number of aliphatic imine (C=N–C) groups is 1. The highest BCUT2D eigenvalue weighted by atomic mass is 127. The lowest BCUT2D eigenvalue weighted by Gasteiger charge is -2.35. The van der Waals surface area contributed by atoms with E-state index in [2.05, 4.69) is 20.0 Å². The van der Waals surface area contributed by atoms with Gasteiger partial charge >= 0.3 is 6.18 Å². The van der Waals surface area contributed by atoms with Gasteiger partial charge in [-0.2, -0.15) is 17.5 Å². The van der Waals surface area contributed by atoms with Crippen LogP contribution in [-0.2, 0) is 15.8 Å². The number of halogens is 4. The third kappa shape index (κ3) is 9.07. The second kappa shape index (κ2) is 11.9. The van der Waals surface area contributed by atoms with E-state index in [0.717, 1.165) is 0 Å². The zero-order valence-corrected chi connectivity index (χ0v) is 19.3. The Kier molecular flexibility index (Phi) is 10.7. The van der Waals surface area contributed by atoms with Crippen LogP contribution >= 0.6 is 24.0 Å². The summed E-state index contributed by atoms with van der Waals surface area (Å²) < 4.78 is 67.6. The Balaban J connectivity index is 0.00000420. The third-order valence-corrected chi connectivity index (χ3v) is 6.03. The highest BCUT2D eigenvalue weighted by Crippen LogP contribution is 2.22. The van der Waals surface area contributed by atoms with Crippen LogP contribution in [0.1, 0.15) is 31.9 Å². The number of sulfonamides is 1. The van der Waals surface area contributed by atoms with Crippen LogP contribution in [-0.4, -0.2) is 74.2 Å². The standard InChI is InChI=1S/C16H26F3N5O3S.HI/c1-2-20-15(21-7-4-3-6-16(17,18)19)23-8-10-24(11-9-23)28(25,26)13-14-5-12-27-22-14;/h5,12H,2-4,6-11,13H2,1H3,(H,20,21);1H. The van der Waals surface area contributed by atoms with Gasteiger partial charge in [0.1, 0.15) is 12.0 Å². The molecule has 29 heavy (non-hydrogen) atoms. The van der Waals surface area contributed by atoms with Gasteiger partial charge in [-0.25, -0.2) is 8.42 Å². The number of guanidine groups is 1. The topological polar surface area (TPSA) is 91.0 Å². The molecule has 1 N–H and O–H groups in total. The maximum atomic E-state index is 12.5. The molecule has 8 nitrogen and oxygen atoms in total. The molecule has 1 fully saturated rings. The Labute approximate surface area is 186 Å². The van der Waals surface area contributed by atoms with Crippen LogP contribution in [0.15, 0.2) is 21.8 Å². The zero-order valence-electron chi connectivity index (χ0n) is 16.2. The van der Waals surface area contributed by atoms with Crippen molar-refractivity contribution < 1.29 is 26.1 Å². The molecule has 0 bridgehead atoms. The van der Waals surface area contributed by atoms with E-state index in [0.29, 0.717) is 57.3 Å². The average molecular weight is 553 g/mol. The summed E-state index contributed by atoms with van der Waals surface area (Å²) >= 11 is 0. The van der Waals surface area contributed by atoms with Crippen LogP contribution in [0.25, 0.3) is 0 Å². The molecular weight excluding hydrogens is 526 g/mol. The molecule has 1 aromatic rings. The number of nitrogens with zero attached hydrogens (tertiary/aromatic N) is 4. The van der Waals surface area contributed by atoms with E-state index in [4.69, 9.17) is 0 Å². The molecule has 0 radical (unpaired) electrons. The van der Waals surface area contributed by atoms with Crippen molar-refractivity contribution in [3.05, 3.63) is 18.0 Å². The first-order valence-corrected chi connectivity index (χ1v) is 10.8. The van der Waals surface area contributed by atoms with Crippen LogP contribution in [0.2, 0.25) is 0 Å². The van der Waals surface area contributed by atoms with Gasteiger partial charge in [0.25, 0.3) is 0 Å². The molecule has 1 aliphatic heterocycles. The molecule has 0 amide bonds. The highest BCUT2D eigenvalue weighted by molar-refractivity contribution is 14.0. The molecule has 2 rings (SSSR count). The van der Waals surface area contributed by atoms with Gasteiger partial charge < -0.3 is 14.7 Å². The van der Waals surface area contributed by atoms with Crippen LogP contribution in [0.5, 0.6) is 0 Å². The summed E-state index contributed by atoms with van der Waals surface area (Å²) in [6.07, 6.45) is -3.22. The van der Waals surface area contributed by atoms with Gasteiger partial charge in [-0.1, -0.05) is 5.16 Å². The minimum absolute atomic E-state index is 0. The summed E-state index contributed by atoms with van der Waals surface area (Å²) in [5.41, 5.74) is 0.358. The number of rotatable bonds is 8. The summed E-state index contributed by atoms with van der Waals surface area (Å²) in [5, 5.41) is 6.75. The Bertz CT molecular complexity index is 721. The Hall–Kier alpha value is -1.09. The molecule has 168 valence electrons. The second-order valence-electron chi connectivity index (χ2n) is 6.44. The van der Waals surface area contributed by atoms with Gasteiger partial charge in [0.2, 0.25) is 10.0 Å². The summed E-state index contributed by atoms with van der Waals surface area (Å²) in [6, 6.07) is 1.52. The van der Waals surface area contributed by atoms with E-state index in [1.54, 1.807) is 0 Å². The SMILES string of the molecule is CCNC(=NCCCCC(F)(F)F)N1CCN(S(=O)(=O)Cc2ccon2)CC1.I. The fourth-order valence-electron chi connectivity index (χ4n) is 2.82. The smallest absolute Gasteiger partial charge is 0.364 e. The number of aromatic nitrogens is 1. The fraction of sp³-hybridized carbons (Fsp3) is 0.750. The first kappa shape index (κ1) is 25.9. The van der Waals surface area contributed by atoms with Crippen molar-refractivity contribution in [1.82, 2.24) is 19.7 Å². The molecular formula is C16H27F3IN5O3S. The minimum atomic E-state index is -4.14. The predicted octanol–water partition coefficient (Wildman–Crippen LogP) is 2.44. The van der Waals surface area contributed by atoms with Gasteiger partial charge in [-0.05, 0) is 19.8 Å². The Morgan fingerprint density at radius 1 is 1.28 bits per heavy atom. The van der Waals surface area contributed by atoms with E-state index in [-0.39, 0.29) is 36.2 Å². The number of piperazine rings is 1. The molecule has 0 unspecified atom stereocenters. The number of nitrogens with one attached hydrogen (secondary N) is 1. The van der Waals surface area contributed by atoms with E-state index in [1.165, 1.54) is 16.6 Å². The lowest BCUT2D eigenvalue weighted by molar-refractivity contribution is -0.135. The summed E-state index contributed by atoms with van der Waals surface area (Å²) in [7, 11) is -3.49. The van der Waals surface area contributed by atoms with Crippen molar-refractivity contribution in [3.63, 3.8) is 0 Å². The number of unbranched alkanes of at least 4 members (excludes halogenated alkanes) is 1. The van der Waals surface area contributed by atoms with Gasteiger partial charge in [-0.15, -0.1) is 24.0 Å². The maximum Gasteiger partial charge on any atom is 0.389 e. The van der Waals surface area contributed by atoms with Crippen molar-refractivity contribution in [2.24, 2.45) is 4.99 Å².